The molecule has 714 valence electrons. The Morgan fingerprint density at radius 3 is 0.983 bits per heavy atom. The molecule has 1 aliphatic carbocycles. The molecular formula is C95H179O25P. The zero-order valence-corrected chi connectivity index (χ0v) is 77.4. The van der Waals surface area contributed by atoms with Crippen molar-refractivity contribution in [1.29, 1.82) is 0 Å². The van der Waals surface area contributed by atoms with E-state index in [1.807, 2.05) is 0 Å². The van der Waals surface area contributed by atoms with E-state index >= 15 is 0 Å². The van der Waals surface area contributed by atoms with Gasteiger partial charge in [0, 0.05) is 25.7 Å². The molecule has 2 saturated heterocycles. The second kappa shape index (κ2) is 73.3. The maximum Gasteiger partial charge on any atom is 0.472 e. The normalized spacial score (nSPS) is 24.8. The highest BCUT2D eigenvalue weighted by Gasteiger charge is 2.60. The minimum absolute atomic E-state index is 0.0197. The van der Waals surface area contributed by atoms with Crippen LogP contribution in [0.5, 0.6) is 0 Å². The Bertz CT molecular complexity index is 2520. The molecule has 10 N–H and O–H groups in total. The van der Waals surface area contributed by atoms with E-state index in [1.54, 1.807) is 0 Å². The van der Waals surface area contributed by atoms with Crippen LogP contribution in [0.4, 0.5) is 0 Å². The van der Waals surface area contributed by atoms with Gasteiger partial charge in [0.25, 0.3) is 0 Å². The van der Waals surface area contributed by atoms with Gasteiger partial charge in [-0.25, -0.2) is 4.57 Å². The molecule has 121 heavy (non-hydrogen) atoms. The van der Waals surface area contributed by atoms with Crippen LogP contribution in [0.2, 0.25) is 0 Å². The molecule has 3 aliphatic rings. The van der Waals surface area contributed by atoms with Crippen molar-refractivity contribution in [2.75, 3.05) is 26.4 Å². The van der Waals surface area contributed by atoms with Gasteiger partial charge < -0.3 is 88.7 Å². The highest BCUT2D eigenvalue weighted by Crippen LogP contribution is 2.49. The minimum atomic E-state index is -5.81. The third kappa shape index (κ3) is 53.3. The molecule has 3 rings (SSSR count). The monoisotopic (exact) mass is 1750 g/mol. The molecular weight excluding hydrogens is 1570 g/mol. The van der Waals surface area contributed by atoms with Gasteiger partial charge in [-0.05, 0) is 31.6 Å². The third-order valence-corrected chi connectivity index (χ3v) is 25.7. The Labute approximate surface area is 731 Å². The summed E-state index contributed by atoms with van der Waals surface area (Å²) in [5.41, 5.74) is 0. The van der Waals surface area contributed by atoms with E-state index in [0.717, 1.165) is 128 Å². The minimum Gasteiger partial charge on any atom is -0.463 e. The molecule has 0 amide bonds. The van der Waals surface area contributed by atoms with Crippen molar-refractivity contribution in [2.24, 2.45) is 5.92 Å². The summed E-state index contributed by atoms with van der Waals surface area (Å²) in [7, 11) is -5.81. The largest absolute Gasteiger partial charge is 0.472 e. The van der Waals surface area contributed by atoms with Crippen LogP contribution in [0.1, 0.15) is 446 Å². The summed E-state index contributed by atoms with van der Waals surface area (Å²) in [4.78, 5) is 66.7. The van der Waals surface area contributed by atoms with Crippen molar-refractivity contribution in [3.05, 3.63) is 0 Å². The van der Waals surface area contributed by atoms with Crippen LogP contribution in [-0.4, -0.2) is 205 Å². The summed E-state index contributed by atoms with van der Waals surface area (Å²) in [5.74, 6) is -2.31. The molecule has 0 aromatic carbocycles. The van der Waals surface area contributed by atoms with Crippen molar-refractivity contribution in [2.45, 2.75) is 550 Å². The molecule has 0 aromatic rings. The molecule has 3 fully saturated rings. The number of hydrogen-bond donors (Lipinski definition) is 10. The first-order valence-corrected chi connectivity index (χ1v) is 51.2. The standard InChI is InChI=1S/C95H179O25P/c1-6-10-14-18-22-25-28-31-34-37-39-41-44-47-54-60-66-78(97)111-71-75(114-80(99)68-62-56-49-46-43-40-36-33-30-27-24-20-16-12-8-3)72-113-121(109,110)120-93-91(118-94-88(107)84(103)82(101)76(70-96)115-94)87(106)86(105)90(117-81(100)69-63-57-51-50-53-59-65-74(5)64-58-52-21-17-13-9-4)92(93)119-95-89(108)85(104)83(102)77(116-95)73-112-79(98)67-61-55-48-45-42-38-35-32-29-26-23-19-15-11-7-2/h74-77,82-96,101-108H,6-73H2,1-5H3,(H,109,110). The van der Waals surface area contributed by atoms with Gasteiger partial charge in [-0.15, -0.1) is 0 Å². The number of unbranched alkanes of at least 4 members (excludes halogenated alkanes) is 53. The summed E-state index contributed by atoms with van der Waals surface area (Å²) < 4.78 is 73.7. The lowest BCUT2D eigenvalue weighted by atomic mass is 9.84. The highest BCUT2D eigenvalue weighted by molar-refractivity contribution is 7.47. The van der Waals surface area contributed by atoms with Gasteiger partial charge in [-0.3, -0.25) is 28.2 Å². The maximum atomic E-state index is 14.9. The number of esters is 4. The molecule has 2 heterocycles. The first-order valence-electron chi connectivity index (χ1n) is 49.7. The lowest BCUT2D eigenvalue weighted by Gasteiger charge is -2.50. The molecule has 1 saturated carbocycles. The fourth-order valence-corrected chi connectivity index (χ4v) is 17.8. The predicted octanol–water partition coefficient (Wildman–Crippen LogP) is 19.2. The van der Waals surface area contributed by atoms with Crippen molar-refractivity contribution in [3.8, 4) is 0 Å². The van der Waals surface area contributed by atoms with E-state index in [-0.39, 0.29) is 25.7 Å². The lowest BCUT2D eigenvalue weighted by molar-refractivity contribution is -0.360. The summed E-state index contributed by atoms with van der Waals surface area (Å²) in [5, 5.41) is 103. The fourth-order valence-electron chi connectivity index (χ4n) is 16.8. The van der Waals surface area contributed by atoms with Crippen molar-refractivity contribution in [1.82, 2.24) is 0 Å². The molecule has 0 spiro atoms. The quantitative estimate of drug-likeness (QED) is 0.0117. The number of carbonyl (C=O) groups is 4. The Morgan fingerprint density at radius 1 is 0.322 bits per heavy atom. The zero-order chi connectivity index (χ0) is 88.4. The number of rotatable bonds is 81. The Balaban J connectivity index is 1.90. The third-order valence-electron chi connectivity index (χ3n) is 24.8. The van der Waals surface area contributed by atoms with E-state index in [9.17, 15) is 74.6 Å². The summed E-state index contributed by atoms with van der Waals surface area (Å²) in [6.07, 6.45) is 30.7. The first-order chi connectivity index (χ1) is 58.6. The molecule has 26 heteroatoms. The number of hydrogen-bond acceptors (Lipinski definition) is 24. The lowest BCUT2D eigenvalue weighted by Crippen LogP contribution is -2.70. The molecule has 2 aliphatic heterocycles. The average Bonchev–Trinajstić information content (AvgIpc) is 0.755. The second-order valence-corrected chi connectivity index (χ2v) is 37.3. The van der Waals surface area contributed by atoms with Crippen molar-refractivity contribution < 1.29 is 122 Å². The van der Waals surface area contributed by atoms with Gasteiger partial charge >= 0.3 is 31.7 Å². The molecule has 19 unspecified atom stereocenters. The summed E-state index contributed by atoms with van der Waals surface area (Å²) in [6, 6.07) is 0. The Morgan fingerprint density at radius 2 is 0.620 bits per heavy atom. The Hall–Kier alpha value is -2.53. The number of phosphoric ester groups is 1. The first kappa shape index (κ1) is 113. The SMILES string of the molecule is CCCCCCCCCCCCCCCCCCC(=O)OCC(COP(=O)(O)OC1C(OC2OC(CO)C(O)C(O)C2O)C(O)C(O)C(OC(=O)CCCCCCCCC(C)CCCCCCCC)C1OC1OC(COC(=O)CCCCCCCCCCCCCCCCC)C(O)C(O)C1O)OC(=O)CCCCCCCCCCCCCCCCC. The zero-order valence-electron chi connectivity index (χ0n) is 76.5. The molecule has 19 atom stereocenters. The number of ether oxygens (including phenoxy) is 8. The van der Waals surface area contributed by atoms with E-state index in [0.29, 0.717) is 38.0 Å². The number of aliphatic hydroxyl groups excluding tert-OH is 9. The van der Waals surface area contributed by atoms with E-state index in [4.69, 9.17) is 46.9 Å². The van der Waals surface area contributed by atoms with Crippen LogP contribution in [0, 0.1) is 5.92 Å². The summed E-state index contributed by atoms with van der Waals surface area (Å²) in [6.45, 7) is 7.96. The second-order valence-electron chi connectivity index (χ2n) is 35.9. The molecule has 0 bridgehead atoms. The number of carbonyl (C=O) groups excluding carboxylic acids is 4. The Kier molecular flexibility index (Phi) is 68.2. The van der Waals surface area contributed by atoms with Gasteiger partial charge in [0.1, 0.15) is 92.6 Å². The molecule has 0 aromatic heterocycles. The number of aliphatic hydroxyl groups is 9. The van der Waals surface area contributed by atoms with Crippen LogP contribution in [0.3, 0.4) is 0 Å². The van der Waals surface area contributed by atoms with Gasteiger partial charge in [0.05, 0.1) is 13.2 Å². The van der Waals surface area contributed by atoms with Crippen molar-refractivity contribution in [3.63, 3.8) is 0 Å². The van der Waals surface area contributed by atoms with E-state index in [1.165, 1.54) is 225 Å². The van der Waals surface area contributed by atoms with Gasteiger partial charge in [-0.1, -0.05) is 394 Å². The highest BCUT2D eigenvalue weighted by atomic mass is 31.2. The van der Waals surface area contributed by atoms with Gasteiger partial charge in [0.2, 0.25) is 0 Å². The van der Waals surface area contributed by atoms with Crippen LogP contribution in [-0.2, 0) is 70.7 Å². The van der Waals surface area contributed by atoms with Crippen LogP contribution in [0.25, 0.3) is 0 Å². The summed E-state index contributed by atoms with van der Waals surface area (Å²) >= 11 is 0. The van der Waals surface area contributed by atoms with Crippen LogP contribution < -0.4 is 0 Å². The van der Waals surface area contributed by atoms with E-state index < -0.39 is 162 Å². The van der Waals surface area contributed by atoms with Gasteiger partial charge in [-0.2, -0.15) is 0 Å². The van der Waals surface area contributed by atoms with Crippen molar-refractivity contribution >= 4 is 31.7 Å². The maximum absolute atomic E-state index is 14.9. The molecule has 0 radical (unpaired) electrons. The molecule has 25 nitrogen and oxygen atoms in total. The number of phosphoric acid groups is 1. The van der Waals surface area contributed by atoms with Crippen LogP contribution >= 0.6 is 7.82 Å². The average molecular weight is 1750 g/mol. The smallest absolute Gasteiger partial charge is 0.463 e. The topological polar surface area (TPSA) is 380 Å². The van der Waals surface area contributed by atoms with E-state index in [2.05, 4.69) is 34.6 Å². The van der Waals surface area contributed by atoms with Gasteiger partial charge in [0.15, 0.2) is 24.8 Å². The van der Waals surface area contributed by atoms with Crippen LogP contribution in [0.15, 0.2) is 0 Å². The predicted molar refractivity (Wildman–Crippen MR) is 472 cm³/mol. The fraction of sp³-hybridized carbons (Fsp3) is 0.958.